The van der Waals surface area contributed by atoms with Gasteiger partial charge in [0.25, 0.3) is 5.91 Å². The number of alkyl halides is 3. The van der Waals surface area contributed by atoms with E-state index >= 15 is 0 Å². The summed E-state index contributed by atoms with van der Waals surface area (Å²) in [5.74, 6) is -0.346. The van der Waals surface area contributed by atoms with Crippen molar-refractivity contribution in [2.45, 2.75) is 43.0 Å². The van der Waals surface area contributed by atoms with Crippen molar-refractivity contribution >= 4 is 21.7 Å². The molecule has 13 heteroatoms. The molecule has 2 aliphatic rings. The van der Waals surface area contributed by atoms with Crippen LogP contribution in [0.2, 0.25) is 0 Å². The third kappa shape index (κ3) is 5.33. The molecule has 0 radical (unpaired) electrons. The minimum absolute atomic E-state index is 0.00469. The summed E-state index contributed by atoms with van der Waals surface area (Å²) < 4.78 is 68.2. The van der Waals surface area contributed by atoms with Crippen LogP contribution in [0.25, 0.3) is 0 Å². The lowest BCUT2D eigenvalue weighted by atomic mass is 9.98. The van der Waals surface area contributed by atoms with Crippen LogP contribution in [0.1, 0.15) is 31.2 Å². The third-order valence-corrected chi connectivity index (χ3v) is 8.57. The number of piperazine rings is 1. The topological polar surface area (TPSA) is 112 Å². The number of hydrogen-bond donors (Lipinski definition) is 2. The number of carbonyl (C=O) groups is 1. The highest BCUT2D eigenvalue weighted by molar-refractivity contribution is 7.91. The second-order valence-electron chi connectivity index (χ2n) is 7.93. The molecular formula is C19H27F3N4O5S. The van der Waals surface area contributed by atoms with Crippen LogP contribution in [0.3, 0.4) is 0 Å². The van der Waals surface area contributed by atoms with Gasteiger partial charge in [0.2, 0.25) is 10.0 Å². The van der Waals surface area contributed by atoms with Gasteiger partial charge in [-0.1, -0.05) is 6.07 Å². The standard InChI is InChI=1S/C19H27F3N4O5S/c20-19(21,22)5-1-2-15-3-4-16(23-14-15)25-8-10-26(11-9-25)32(29,30)18(17(27)24-28)6-12-31-13-7-18/h3-4,14,28H,1-2,5-13H2,(H,24,27). The van der Waals surface area contributed by atoms with Crippen LogP contribution in [-0.4, -0.2) is 79.1 Å². The van der Waals surface area contributed by atoms with Crippen molar-refractivity contribution < 1.29 is 36.3 Å². The van der Waals surface area contributed by atoms with Gasteiger partial charge in [0.05, 0.1) is 0 Å². The summed E-state index contributed by atoms with van der Waals surface area (Å²) in [6.07, 6.45) is -3.29. The van der Waals surface area contributed by atoms with E-state index in [1.54, 1.807) is 12.1 Å². The minimum atomic E-state index is -4.17. The summed E-state index contributed by atoms with van der Waals surface area (Å²) in [7, 11) is -4.05. The molecule has 2 N–H and O–H groups in total. The molecule has 180 valence electrons. The van der Waals surface area contributed by atoms with Crippen molar-refractivity contribution in [1.29, 1.82) is 0 Å². The van der Waals surface area contributed by atoms with E-state index in [0.717, 1.165) is 0 Å². The molecule has 1 aromatic heterocycles. The Morgan fingerprint density at radius 1 is 1.19 bits per heavy atom. The number of hydroxylamine groups is 1. The Labute approximate surface area is 184 Å². The minimum Gasteiger partial charge on any atom is -0.381 e. The van der Waals surface area contributed by atoms with E-state index in [1.807, 2.05) is 4.90 Å². The number of aromatic nitrogens is 1. The molecule has 0 atom stereocenters. The average Bonchev–Trinajstić information content (AvgIpc) is 2.78. The van der Waals surface area contributed by atoms with Gasteiger partial charge in [-0.2, -0.15) is 17.5 Å². The Bertz CT molecular complexity index is 881. The number of amides is 1. The first-order valence-corrected chi connectivity index (χ1v) is 11.8. The molecule has 1 aromatic rings. The molecule has 0 bridgehead atoms. The molecule has 32 heavy (non-hydrogen) atoms. The highest BCUT2D eigenvalue weighted by atomic mass is 32.2. The molecule has 2 aliphatic heterocycles. The predicted octanol–water partition coefficient (Wildman–Crippen LogP) is 1.47. The summed E-state index contributed by atoms with van der Waals surface area (Å²) in [5, 5.41) is 9.13. The fourth-order valence-electron chi connectivity index (χ4n) is 4.05. The number of carbonyl (C=O) groups excluding carboxylic acids is 1. The van der Waals surface area contributed by atoms with E-state index in [9.17, 15) is 26.4 Å². The van der Waals surface area contributed by atoms with E-state index in [-0.39, 0.29) is 52.0 Å². The van der Waals surface area contributed by atoms with Crippen LogP contribution in [0.4, 0.5) is 19.0 Å². The highest BCUT2D eigenvalue weighted by Gasteiger charge is 2.54. The number of sulfonamides is 1. The molecule has 0 aromatic carbocycles. The highest BCUT2D eigenvalue weighted by Crippen LogP contribution is 2.33. The molecule has 1 amide bonds. The molecule has 0 aliphatic carbocycles. The molecule has 2 saturated heterocycles. The van der Waals surface area contributed by atoms with E-state index < -0.39 is 33.3 Å². The Balaban J connectivity index is 1.61. The first kappa shape index (κ1) is 24.7. The number of halogens is 3. The summed E-state index contributed by atoms with van der Waals surface area (Å²) in [4.78, 5) is 18.5. The second kappa shape index (κ2) is 9.89. The van der Waals surface area contributed by atoms with Crippen molar-refractivity contribution in [3.05, 3.63) is 23.9 Å². The third-order valence-electron chi connectivity index (χ3n) is 5.95. The molecule has 0 saturated carbocycles. The molecular weight excluding hydrogens is 453 g/mol. The zero-order valence-corrected chi connectivity index (χ0v) is 18.3. The fourth-order valence-corrected chi connectivity index (χ4v) is 6.16. The number of nitrogens with one attached hydrogen (secondary N) is 1. The van der Waals surface area contributed by atoms with Crippen LogP contribution in [0, 0.1) is 0 Å². The lowest BCUT2D eigenvalue weighted by molar-refractivity contribution is -0.135. The normalized spacial score (nSPS) is 20.2. The lowest BCUT2D eigenvalue weighted by Gasteiger charge is -2.41. The first-order valence-electron chi connectivity index (χ1n) is 10.4. The molecule has 3 heterocycles. The zero-order valence-electron chi connectivity index (χ0n) is 17.5. The maximum Gasteiger partial charge on any atom is 0.389 e. The lowest BCUT2D eigenvalue weighted by Crippen LogP contribution is -2.62. The Morgan fingerprint density at radius 2 is 1.84 bits per heavy atom. The zero-order chi connectivity index (χ0) is 23.4. The van der Waals surface area contributed by atoms with Gasteiger partial charge < -0.3 is 9.64 Å². The Hall–Kier alpha value is -1.96. The van der Waals surface area contributed by atoms with E-state index in [1.165, 1.54) is 16.0 Å². The number of nitrogens with zero attached hydrogens (tertiary/aromatic N) is 3. The predicted molar refractivity (Wildman–Crippen MR) is 109 cm³/mol. The fraction of sp³-hybridized carbons (Fsp3) is 0.684. The van der Waals surface area contributed by atoms with Gasteiger partial charge in [-0.25, -0.2) is 18.9 Å². The SMILES string of the molecule is O=C(NO)C1(S(=O)(=O)N2CCN(c3ccc(CCCC(F)(F)F)cn3)CC2)CCOCC1. The van der Waals surface area contributed by atoms with Gasteiger partial charge in [0, 0.05) is 64.9 Å². The Morgan fingerprint density at radius 3 is 2.38 bits per heavy atom. The van der Waals surface area contributed by atoms with Gasteiger partial charge in [-0.05, 0) is 24.5 Å². The van der Waals surface area contributed by atoms with Gasteiger partial charge in [-0.15, -0.1) is 0 Å². The van der Waals surface area contributed by atoms with Crippen molar-refractivity contribution in [2.75, 3.05) is 44.3 Å². The second-order valence-corrected chi connectivity index (χ2v) is 10.2. The summed E-state index contributed by atoms with van der Waals surface area (Å²) in [5.41, 5.74) is 2.20. The van der Waals surface area contributed by atoms with E-state index in [4.69, 9.17) is 9.94 Å². The average molecular weight is 481 g/mol. The van der Waals surface area contributed by atoms with E-state index in [2.05, 4.69) is 4.98 Å². The number of ether oxygens (including phenoxy) is 1. The van der Waals surface area contributed by atoms with Crippen LogP contribution < -0.4 is 10.4 Å². The van der Waals surface area contributed by atoms with Gasteiger partial charge in [0.15, 0.2) is 4.75 Å². The van der Waals surface area contributed by atoms with Crippen molar-refractivity contribution in [3.63, 3.8) is 0 Å². The van der Waals surface area contributed by atoms with E-state index in [0.29, 0.717) is 24.5 Å². The van der Waals surface area contributed by atoms with Gasteiger partial charge in [-0.3, -0.25) is 10.0 Å². The molecule has 0 unspecified atom stereocenters. The smallest absolute Gasteiger partial charge is 0.381 e. The molecule has 9 nitrogen and oxygen atoms in total. The first-order chi connectivity index (χ1) is 15.1. The largest absolute Gasteiger partial charge is 0.389 e. The van der Waals surface area contributed by atoms with Crippen LogP contribution >= 0.6 is 0 Å². The monoisotopic (exact) mass is 480 g/mol. The Kier molecular flexibility index (Phi) is 7.63. The molecule has 0 spiro atoms. The quantitative estimate of drug-likeness (QED) is 0.449. The maximum atomic E-state index is 13.3. The maximum absolute atomic E-state index is 13.3. The summed E-state index contributed by atoms with van der Waals surface area (Å²) >= 11 is 0. The van der Waals surface area contributed by atoms with Crippen LogP contribution in [0.5, 0.6) is 0 Å². The van der Waals surface area contributed by atoms with Gasteiger partial charge >= 0.3 is 6.18 Å². The summed E-state index contributed by atoms with van der Waals surface area (Å²) in [6, 6.07) is 3.44. The van der Waals surface area contributed by atoms with Crippen LogP contribution in [0.15, 0.2) is 18.3 Å². The van der Waals surface area contributed by atoms with Crippen molar-refractivity contribution in [1.82, 2.24) is 14.8 Å². The summed E-state index contributed by atoms with van der Waals surface area (Å²) in [6.45, 7) is 1.16. The number of aryl methyl sites for hydroxylation is 1. The van der Waals surface area contributed by atoms with Crippen molar-refractivity contribution in [2.24, 2.45) is 0 Å². The molecule has 2 fully saturated rings. The number of anilines is 1. The number of pyridine rings is 1. The number of hydrogen-bond acceptors (Lipinski definition) is 7. The molecule has 3 rings (SSSR count). The van der Waals surface area contributed by atoms with Gasteiger partial charge in [0.1, 0.15) is 5.82 Å². The van der Waals surface area contributed by atoms with Crippen LogP contribution in [-0.2, 0) is 26.0 Å². The van der Waals surface area contributed by atoms with Crippen molar-refractivity contribution in [3.8, 4) is 0 Å². The number of rotatable bonds is 7.